The zero-order valence-electron chi connectivity index (χ0n) is 15.1. The van der Waals surface area contributed by atoms with Crippen LogP contribution in [-0.4, -0.2) is 5.16 Å². The van der Waals surface area contributed by atoms with E-state index in [4.69, 9.17) is 0 Å². The molecule has 0 unspecified atom stereocenters. The third kappa shape index (κ3) is 6.80. The largest absolute Gasteiger partial charge is 0.204 e. The summed E-state index contributed by atoms with van der Waals surface area (Å²) in [6.45, 7) is 2.19. The van der Waals surface area contributed by atoms with Crippen molar-refractivity contribution in [1.29, 1.82) is 0 Å². The van der Waals surface area contributed by atoms with Crippen molar-refractivity contribution in [2.24, 2.45) is 4.99 Å². The Bertz CT molecular complexity index is 927. The van der Waals surface area contributed by atoms with Gasteiger partial charge in [0, 0.05) is 23.1 Å². The molecule has 2 rings (SSSR count). The van der Waals surface area contributed by atoms with Crippen LogP contribution in [0.15, 0.2) is 41.4 Å². The summed E-state index contributed by atoms with van der Waals surface area (Å²) in [5.74, 6) is 10.3. The molecule has 2 aromatic rings. The predicted octanol–water partition coefficient (Wildman–Crippen LogP) is 6.42. The minimum atomic E-state index is -0.818. The lowest BCUT2D eigenvalue weighted by Gasteiger charge is -1.98. The van der Waals surface area contributed by atoms with Gasteiger partial charge in [0.25, 0.3) is 0 Å². The van der Waals surface area contributed by atoms with Crippen LogP contribution in [0, 0.1) is 35.3 Å². The molecular formula is C23H19F2NS. The van der Waals surface area contributed by atoms with Crippen molar-refractivity contribution >= 4 is 23.1 Å². The normalized spacial score (nSPS) is 9.44. The van der Waals surface area contributed by atoms with Gasteiger partial charge in [-0.3, -0.25) is 0 Å². The van der Waals surface area contributed by atoms with Crippen molar-refractivity contribution in [3.8, 4) is 23.7 Å². The van der Waals surface area contributed by atoms with Crippen molar-refractivity contribution in [3.63, 3.8) is 0 Å². The van der Waals surface area contributed by atoms with E-state index < -0.39 is 17.3 Å². The summed E-state index contributed by atoms with van der Waals surface area (Å²) in [6.07, 6.45) is 5.74. The molecule has 0 bridgehead atoms. The van der Waals surface area contributed by atoms with Gasteiger partial charge in [-0.1, -0.05) is 49.9 Å². The van der Waals surface area contributed by atoms with Gasteiger partial charge in [-0.05, 0) is 55.0 Å². The molecule has 0 spiro atoms. The molecule has 0 saturated carbocycles. The summed E-state index contributed by atoms with van der Waals surface area (Å²) >= 11 is 4.37. The van der Waals surface area contributed by atoms with Crippen LogP contribution in [0.4, 0.5) is 14.5 Å². The summed E-state index contributed by atoms with van der Waals surface area (Å²) < 4.78 is 27.6. The second kappa shape index (κ2) is 11.0. The number of isothiocyanates is 1. The molecule has 0 saturated heterocycles. The summed E-state index contributed by atoms with van der Waals surface area (Å²) in [5.41, 5.74) is 1.44. The Hall–Kier alpha value is -2.78. The molecule has 0 N–H and O–H groups in total. The van der Waals surface area contributed by atoms with E-state index in [0.717, 1.165) is 36.1 Å². The summed E-state index contributed by atoms with van der Waals surface area (Å²) in [6, 6.07) is 9.71. The zero-order valence-corrected chi connectivity index (χ0v) is 15.9. The molecule has 0 atom stereocenters. The maximum Gasteiger partial charge on any atom is 0.153 e. The molecule has 0 aliphatic carbocycles. The molecule has 0 radical (unpaired) electrons. The van der Waals surface area contributed by atoms with Gasteiger partial charge in [0.2, 0.25) is 0 Å². The monoisotopic (exact) mass is 379 g/mol. The van der Waals surface area contributed by atoms with E-state index in [1.165, 1.54) is 19.3 Å². The first-order chi connectivity index (χ1) is 13.1. The number of unbranched alkanes of at least 4 members (excludes halogenated alkanes) is 4. The van der Waals surface area contributed by atoms with Gasteiger partial charge in [0.15, 0.2) is 11.6 Å². The highest BCUT2D eigenvalue weighted by atomic mass is 32.1. The summed E-state index contributed by atoms with van der Waals surface area (Å²) in [7, 11) is 0. The Morgan fingerprint density at radius 1 is 0.852 bits per heavy atom. The van der Waals surface area contributed by atoms with Gasteiger partial charge in [0.1, 0.15) is 5.69 Å². The fourth-order valence-corrected chi connectivity index (χ4v) is 2.47. The Labute approximate surface area is 164 Å². The third-order valence-corrected chi connectivity index (χ3v) is 3.89. The Morgan fingerprint density at radius 3 is 2.04 bits per heavy atom. The molecule has 0 aliphatic rings. The standard InChI is InChI=1S/C23H19F2NS/c1-2-3-4-5-6-7-8-18-9-11-19(12-10-18)13-14-20-15-21(24)23(26-17-27)22(25)16-20/h9-12,15-16H,2-6H2,1H3. The number of benzene rings is 2. The van der Waals surface area contributed by atoms with E-state index in [1.807, 2.05) is 29.4 Å². The van der Waals surface area contributed by atoms with Gasteiger partial charge in [0.05, 0.1) is 5.16 Å². The maximum atomic E-state index is 13.8. The Kier molecular flexibility index (Phi) is 8.40. The predicted molar refractivity (Wildman–Crippen MR) is 109 cm³/mol. The Balaban J connectivity index is 2.04. The number of halogens is 2. The molecule has 0 fully saturated rings. The highest BCUT2D eigenvalue weighted by molar-refractivity contribution is 7.78. The summed E-state index contributed by atoms with van der Waals surface area (Å²) in [4.78, 5) is 3.37. The smallest absolute Gasteiger partial charge is 0.153 e. The van der Waals surface area contributed by atoms with Crippen LogP contribution in [0.1, 0.15) is 55.7 Å². The molecule has 0 aliphatic heterocycles. The molecule has 0 amide bonds. The molecule has 0 heterocycles. The van der Waals surface area contributed by atoms with Gasteiger partial charge in [-0.25, -0.2) is 8.78 Å². The fraction of sp³-hybridized carbons (Fsp3) is 0.261. The average molecular weight is 379 g/mol. The first-order valence-corrected chi connectivity index (χ1v) is 9.22. The molecule has 27 heavy (non-hydrogen) atoms. The maximum absolute atomic E-state index is 13.8. The first-order valence-electron chi connectivity index (χ1n) is 8.82. The lowest BCUT2D eigenvalue weighted by Crippen LogP contribution is -1.86. The van der Waals surface area contributed by atoms with E-state index >= 15 is 0 Å². The van der Waals surface area contributed by atoms with Gasteiger partial charge in [-0.15, -0.1) is 0 Å². The summed E-state index contributed by atoms with van der Waals surface area (Å²) in [5, 5.41) is 1.96. The van der Waals surface area contributed by atoms with E-state index in [2.05, 4.69) is 47.8 Å². The van der Waals surface area contributed by atoms with Crippen LogP contribution in [-0.2, 0) is 0 Å². The van der Waals surface area contributed by atoms with E-state index in [9.17, 15) is 8.78 Å². The van der Waals surface area contributed by atoms with Crippen LogP contribution in [0.2, 0.25) is 0 Å². The number of aliphatic imine (C=N–C) groups is 1. The SMILES string of the molecule is CCCCCCC#Cc1ccc(C#Cc2cc(F)c(N=C=S)c(F)c2)cc1. The van der Waals surface area contributed by atoms with Crippen LogP contribution in [0.25, 0.3) is 0 Å². The lowest BCUT2D eigenvalue weighted by molar-refractivity contribution is 0.587. The van der Waals surface area contributed by atoms with Crippen molar-refractivity contribution in [2.75, 3.05) is 0 Å². The minimum absolute atomic E-state index is 0.226. The van der Waals surface area contributed by atoms with E-state index in [1.54, 1.807) is 0 Å². The van der Waals surface area contributed by atoms with Crippen molar-refractivity contribution in [1.82, 2.24) is 0 Å². The van der Waals surface area contributed by atoms with Crippen molar-refractivity contribution < 1.29 is 8.78 Å². The fourth-order valence-electron chi connectivity index (χ4n) is 2.38. The Morgan fingerprint density at radius 2 is 1.44 bits per heavy atom. The molecule has 0 aromatic heterocycles. The van der Waals surface area contributed by atoms with Crippen LogP contribution in [0.5, 0.6) is 0 Å². The topological polar surface area (TPSA) is 12.4 Å². The molecule has 136 valence electrons. The quantitative estimate of drug-likeness (QED) is 0.253. The second-order valence-electron chi connectivity index (χ2n) is 5.93. The second-order valence-corrected chi connectivity index (χ2v) is 6.11. The minimum Gasteiger partial charge on any atom is -0.204 e. The number of nitrogens with zero attached hydrogens (tertiary/aromatic N) is 1. The van der Waals surface area contributed by atoms with E-state index in [-0.39, 0.29) is 5.56 Å². The highest BCUT2D eigenvalue weighted by Crippen LogP contribution is 2.23. The lowest BCUT2D eigenvalue weighted by atomic mass is 10.1. The average Bonchev–Trinajstić information content (AvgIpc) is 2.67. The van der Waals surface area contributed by atoms with Crippen molar-refractivity contribution in [2.45, 2.75) is 39.0 Å². The third-order valence-electron chi connectivity index (χ3n) is 3.80. The molecule has 2 aromatic carbocycles. The number of thiocarbonyl (C=S) groups is 1. The molecule has 4 heteroatoms. The van der Waals surface area contributed by atoms with Gasteiger partial charge < -0.3 is 0 Å². The zero-order chi connectivity index (χ0) is 19.5. The van der Waals surface area contributed by atoms with Crippen LogP contribution < -0.4 is 0 Å². The number of hydrogen-bond acceptors (Lipinski definition) is 2. The highest BCUT2D eigenvalue weighted by Gasteiger charge is 2.09. The first kappa shape index (κ1) is 20.5. The van der Waals surface area contributed by atoms with Crippen LogP contribution in [0.3, 0.4) is 0 Å². The van der Waals surface area contributed by atoms with Crippen molar-refractivity contribution in [3.05, 3.63) is 64.7 Å². The van der Waals surface area contributed by atoms with Crippen LogP contribution >= 0.6 is 12.2 Å². The number of hydrogen-bond donors (Lipinski definition) is 0. The number of rotatable bonds is 5. The molecular weight excluding hydrogens is 360 g/mol. The van der Waals surface area contributed by atoms with Gasteiger partial charge in [-0.2, -0.15) is 4.99 Å². The van der Waals surface area contributed by atoms with E-state index in [0.29, 0.717) is 0 Å². The van der Waals surface area contributed by atoms with Gasteiger partial charge >= 0.3 is 0 Å². The molecule has 1 nitrogen and oxygen atoms in total.